The summed E-state index contributed by atoms with van der Waals surface area (Å²) in [7, 11) is 0. The molecule has 0 aromatic rings. The van der Waals surface area contributed by atoms with Crippen LogP contribution in [0.5, 0.6) is 0 Å². The van der Waals surface area contributed by atoms with Gasteiger partial charge in [-0.3, -0.25) is 4.79 Å². The normalized spacial score (nSPS) is 44.5. The van der Waals surface area contributed by atoms with Gasteiger partial charge in [0.25, 0.3) is 0 Å². The molecule has 5 rings (SSSR count). The van der Waals surface area contributed by atoms with E-state index in [9.17, 15) is 4.79 Å². The SMILES string of the molecule is NCC1CN(C(=O)CC23CC4CC(CC(C4)C2)C3)C1. The van der Waals surface area contributed by atoms with E-state index in [2.05, 4.69) is 4.90 Å². The van der Waals surface area contributed by atoms with E-state index in [1.54, 1.807) is 0 Å². The smallest absolute Gasteiger partial charge is 0.223 e. The number of hydrogen-bond donors (Lipinski definition) is 1. The summed E-state index contributed by atoms with van der Waals surface area (Å²) in [6.07, 6.45) is 9.27. The predicted octanol–water partition coefficient (Wildman–Crippen LogP) is 2.01. The van der Waals surface area contributed by atoms with Gasteiger partial charge >= 0.3 is 0 Å². The first-order chi connectivity index (χ1) is 9.16. The van der Waals surface area contributed by atoms with E-state index in [-0.39, 0.29) is 0 Å². The Hall–Kier alpha value is -0.570. The Morgan fingerprint density at radius 1 is 1.05 bits per heavy atom. The van der Waals surface area contributed by atoms with Gasteiger partial charge in [0, 0.05) is 25.4 Å². The third kappa shape index (κ3) is 2.01. The van der Waals surface area contributed by atoms with Crippen LogP contribution in [-0.2, 0) is 4.79 Å². The highest BCUT2D eigenvalue weighted by Crippen LogP contribution is 2.61. The van der Waals surface area contributed by atoms with E-state index >= 15 is 0 Å². The quantitative estimate of drug-likeness (QED) is 0.845. The second-order valence-corrected chi connectivity index (χ2v) is 7.99. The first-order valence-corrected chi connectivity index (χ1v) is 8.14. The van der Waals surface area contributed by atoms with E-state index < -0.39 is 0 Å². The lowest BCUT2D eigenvalue weighted by molar-refractivity contribution is -0.145. The Bertz CT molecular complexity index is 351. The fraction of sp³-hybridized carbons (Fsp3) is 0.938. The largest absolute Gasteiger partial charge is 0.342 e. The lowest BCUT2D eigenvalue weighted by Gasteiger charge is -2.57. The minimum absolute atomic E-state index is 0.402. The van der Waals surface area contributed by atoms with Crippen molar-refractivity contribution < 1.29 is 4.79 Å². The molecule has 2 N–H and O–H groups in total. The van der Waals surface area contributed by atoms with Crippen molar-refractivity contribution in [2.24, 2.45) is 34.8 Å². The van der Waals surface area contributed by atoms with Gasteiger partial charge in [-0.25, -0.2) is 0 Å². The molecule has 0 unspecified atom stereocenters. The van der Waals surface area contributed by atoms with Crippen LogP contribution in [0.4, 0.5) is 0 Å². The molecule has 3 nitrogen and oxygen atoms in total. The highest BCUT2D eigenvalue weighted by atomic mass is 16.2. The minimum atomic E-state index is 0.402. The van der Waals surface area contributed by atoms with Crippen molar-refractivity contribution in [1.82, 2.24) is 4.90 Å². The van der Waals surface area contributed by atoms with Gasteiger partial charge in [-0.15, -0.1) is 0 Å². The lowest BCUT2D eigenvalue weighted by atomic mass is 9.49. The maximum Gasteiger partial charge on any atom is 0.223 e. The number of likely N-dealkylation sites (tertiary alicyclic amines) is 1. The van der Waals surface area contributed by atoms with Crippen molar-refractivity contribution >= 4 is 5.91 Å². The van der Waals surface area contributed by atoms with E-state index in [1.165, 1.54) is 38.5 Å². The highest BCUT2D eigenvalue weighted by Gasteiger charge is 2.52. The maximum atomic E-state index is 12.5. The van der Waals surface area contributed by atoms with Crippen molar-refractivity contribution in [1.29, 1.82) is 0 Å². The number of nitrogens with zero attached hydrogens (tertiary/aromatic N) is 1. The predicted molar refractivity (Wildman–Crippen MR) is 74.3 cm³/mol. The summed E-state index contributed by atoms with van der Waals surface area (Å²) >= 11 is 0. The van der Waals surface area contributed by atoms with Crippen LogP contribution < -0.4 is 5.73 Å². The van der Waals surface area contributed by atoms with Crippen LogP contribution in [0.15, 0.2) is 0 Å². The number of nitrogens with two attached hydrogens (primary N) is 1. The molecule has 0 radical (unpaired) electrons. The fourth-order valence-electron chi connectivity index (χ4n) is 5.86. The minimum Gasteiger partial charge on any atom is -0.342 e. The Labute approximate surface area is 115 Å². The van der Waals surface area contributed by atoms with Crippen molar-refractivity contribution in [3.05, 3.63) is 0 Å². The van der Waals surface area contributed by atoms with Gasteiger partial charge in [0.2, 0.25) is 5.91 Å². The average molecular weight is 262 g/mol. The van der Waals surface area contributed by atoms with Crippen LogP contribution in [0.25, 0.3) is 0 Å². The molecule has 3 heteroatoms. The monoisotopic (exact) mass is 262 g/mol. The Morgan fingerprint density at radius 2 is 1.58 bits per heavy atom. The molecule has 5 aliphatic rings. The number of amides is 1. The molecule has 0 spiro atoms. The van der Waals surface area contributed by atoms with E-state index in [4.69, 9.17) is 5.73 Å². The number of carbonyl (C=O) groups is 1. The molecule has 5 fully saturated rings. The molecule has 0 atom stereocenters. The van der Waals surface area contributed by atoms with Crippen LogP contribution in [-0.4, -0.2) is 30.4 Å². The van der Waals surface area contributed by atoms with Crippen molar-refractivity contribution in [2.75, 3.05) is 19.6 Å². The first-order valence-electron chi connectivity index (χ1n) is 8.14. The van der Waals surface area contributed by atoms with Gasteiger partial charge in [0.05, 0.1) is 0 Å². The molecule has 4 aliphatic carbocycles. The van der Waals surface area contributed by atoms with Gasteiger partial charge in [-0.1, -0.05) is 0 Å². The summed E-state index contributed by atoms with van der Waals surface area (Å²) < 4.78 is 0. The second-order valence-electron chi connectivity index (χ2n) is 7.99. The van der Waals surface area contributed by atoms with Gasteiger partial charge in [0.15, 0.2) is 0 Å². The van der Waals surface area contributed by atoms with E-state index in [0.29, 0.717) is 17.2 Å². The topological polar surface area (TPSA) is 46.3 Å². The zero-order valence-electron chi connectivity index (χ0n) is 11.8. The van der Waals surface area contributed by atoms with Crippen molar-refractivity contribution in [2.45, 2.75) is 44.9 Å². The molecular formula is C16H26N2O. The zero-order chi connectivity index (χ0) is 13.0. The summed E-state index contributed by atoms with van der Waals surface area (Å²) in [4.78, 5) is 14.5. The summed E-state index contributed by atoms with van der Waals surface area (Å²) in [6, 6.07) is 0. The number of carbonyl (C=O) groups excluding carboxylic acids is 1. The van der Waals surface area contributed by atoms with Crippen LogP contribution in [0, 0.1) is 29.1 Å². The molecule has 1 aliphatic heterocycles. The van der Waals surface area contributed by atoms with Crippen LogP contribution in [0.3, 0.4) is 0 Å². The zero-order valence-corrected chi connectivity index (χ0v) is 11.8. The van der Waals surface area contributed by atoms with Crippen molar-refractivity contribution in [3.63, 3.8) is 0 Å². The van der Waals surface area contributed by atoms with Gasteiger partial charge in [-0.05, 0) is 68.2 Å². The molecule has 4 bridgehead atoms. The Morgan fingerprint density at radius 3 is 2.05 bits per heavy atom. The van der Waals surface area contributed by atoms with Gasteiger partial charge in [0.1, 0.15) is 0 Å². The highest BCUT2D eigenvalue weighted by molar-refractivity contribution is 5.77. The molecule has 1 heterocycles. The second kappa shape index (κ2) is 4.21. The Balaban J connectivity index is 1.41. The van der Waals surface area contributed by atoms with Gasteiger partial charge < -0.3 is 10.6 Å². The molecule has 19 heavy (non-hydrogen) atoms. The van der Waals surface area contributed by atoms with E-state index in [1.807, 2.05) is 0 Å². The summed E-state index contributed by atoms with van der Waals surface area (Å²) in [5.41, 5.74) is 6.05. The van der Waals surface area contributed by atoms with Crippen LogP contribution >= 0.6 is 0 Å². The number of hydrogen-bond acceptors (Lipinski definition) is 2. The third-order valence-electron chi connectivity index (χ3n) is 6.33. The summed E-state index contributed by atoms with van der Waals surface area (Å²) in [5.74, 6) is 3.85. The maximum absolute atomic E-state index is 12.5. The first kappa shape index (κ1) is 12.2. The molecule has 4 saturated carbocycles. The summed E-state index contributed by atoms with van der Waals surface area (Å²) in [5, 5.41) is 0. The van der Waals surface area contributed by atoms with Crippen LogP contribution in [0.1, 0.15) is 44.9 Å². The van der Waals surface area contributed by atoms with Gasteiger partial charge in [-0.2, -0.15) is 0 Å². The molecule has 0 aromatic heterocycles. The molecule has 106 valence electrons. The average Bonchev–Trinajstić information content (AvgIpc) is 2.24. The molecular weight excluding hydrogens is 236 g/mol. The molecule has 1 amide bonds. The Kier molecular flexibility index (Phi) is 2.70. The standard InChI is InChI=1S/C16H26N2O/c17-8-14-9-18(10-14)15(19)7-16-4-11-1-12(5-16)3-13(2-11)6-16/h11-14H,1-10,17H2. The lowest BCUT2D eigenvalue weighted by Crippen LogP contribution is -2.55. The fourth-order valence-corrected chi connectivity index (χ4v) is 5.86. The third-order valence-corrected chi connectivity index (χ3v) is 6.33. The van der Waals surface area contributed by atoms with E-state index in [0.717, 1.165) is 43.8 Å². The number of rotatable bonds is 3. The molecule has 1 saturated heterocycles. The van der Waals surface area contributed by atoms with Crippen molar-refractivity contribution in [3.8, 4) is 0 Å². The van der Waals surface area contributed by atoms with Crippen LogP contribution in [0.2, 0.25) is 0 Å². The summed E-state index contributed by atoms with van der Waals surface area (Å²) in [6.45, 7) is 2.57. The molecule has 0 aromatic carbocycles.